The molecule has 1 aliphatic carbocycles. The minimum absolute atomic E-state index is 0.0845. The van der Waals surface area contributed by atoms with Gasteiger partial charge in [0.25, 0.3) is 0 Å². The van der Waals surface area contributed by atoms with E-state index in [1.54, 1.807) is 0 Å². The molecule has 0 saturated heterocycles. The quantitative estimate of drug-likeness (QED) is 0.918. The molecule has 0 spiro atoms. The van der Waals surface area contributed by atoms with Crippen LogP contribution in [0.4, 0.5) is 0 Å². The molecule has 3 heteroatoms. The van der Waals surface area contributed by atoms with E-state index in [0.717, 1.165) is 37.2 Å². The summed E-state index contributed by atoms with van der Waals surface area (Å²) in [5.74, 6) is 1.73. The van der Waals surface area contributed by atoms with Gasteiger partial charge in [-0.3, -0.25) is 0 Å². The smallest absolute Gasteiger partial charge is 0.165 e. The zero-order valence-corrected chi connectivity index (χ0v) is 13.5. The highest BCUT2D eigenvalue weighted by molar-refractivity contribution is 5.50. The molecule has 1 aromatic carbocycles. The van der Waals surface area contributed by atoms with Crippen LogP contribution in [-0.2, 0) is 6.42 Å². The summed E-state index contributed by atoms with van der Waals surface area (Å²) in [7, 11) is 0. The second-order valence-electron chi connectivity index (χ2n) is 7.08. The molecule has 3 nitrogen and oxygen atoms in total. The van der Waals surface area contributed by atoms with Crippen LogP contribution in [-0.4, -0.2) is 22.9 Å². The fourth-order valence-electron chi connectivity index (χ4n) is 3.90. The lowest BCUT2D eigenvalue weighted by atomic mass is 9.60. The molecule has 1 aliphatic heterocycles. The van der Waals surface area contributed by atoms with Gasteiger partial charge in [-0.1, -0.05) is 26.0 Å². The van der Waals surface area contributed by atoms with Crippen LogP contribution < -0.4 is 9.47 Å². The van der Waals surface area contributed by atoms with Crippen molar-refractivity contribution >= 4 is 0 Å². The molecule has 0 bridgehead atoms. The molecule has 2 atom stereocenters. The second-order valence-corrected chi connectivity index (χ2v) is 7.08. The van der Waals surface area contributed by atoms with Crippen molar-refractivity contribution in [2.45, 2.75) is 71.2 Å². The number of rotatable bonds is 4. The van der Waals surface area contributed by atoms with Crippen LogP contribution in [0.1, 0.15) is 52.5 Å². The predicted molar refractivity (Wildman–Crippen MR) is 82.9 cm³/mol. The number of hydrogen-bond acceptors (Lipinski definition) is 3. The molecule has 1 fully saturated rings. The van der Waals surface area contributed by atoms with Gasteiger partial charge in [-0.2, -0.15) is 0 Å². The molecule has 1 aromatic rings. The van der Waals surface area contributed by atoms with Crippen molar-refractivity contribution in [3.8, 4) is 11.5 Å². The first-order valence-electron chi connectivity index (χ1n) is 8.07. The summed E-state index contributed by atoms with van der Waals surface area (Å²) in [4.78, 5) is 0. The molecule has 3 rings (SSSR count). The van der Waals surface area contributed by atoms with Gasteiger partial charge in [0.1, 0.15) is 11.7 Å². The molecule has 2 unspecified atom stereocenters. The van der Waals surface area contributed by atoms with Crippen molar-refractivity contribution < 1.29 is 14.6 Å². The highest BCUT2D eigenvalue weighted by atomic mass is 16.5. The number of para-hydroxylation sites is 1. The Morgan fingerprint density at radius 3 is 2.62 bits per heavy atom. The van der Waals surface area contributed by atoms with Crippen LogP contribution in [0.2, 0.25) is 0 Å². The van der Waals surface area contributed by atoms with Crippen molar-refractivity contribution in [1.29, 1.82) is 0 Å². The van der Waals surface area contributed by atoms with Gasteiger partial charge in [-0.25, -0.2) is 0 Å². The molecular weight excluding hydrogens is 264 g/mol. The van der Waals surface area contributed by atoms with Crippen molar-refractivity contribution in [2.24, 2.45) is 5.41 Å². The van der Waals surface area contributed by atoms with Gasteiger partial charge in [0.15, 0.2) is 11.5 Å². The van der Waals surface area contributed by atoms with E-state index in [2.05, 4.69) is 33.8 Å². The van der Waals surface area contributed by atoms with Gasteiger partial charge < -0.3 is 14.6 Å². The Morgan fingerprint density at radius 1 is 1.29 bits per heavy atom. The Kier molecular flexibility index (Phi) is 3.44. The number of fused-ring (bicyclic) bond motifs is 1. The summed E-state index contributed by atoms with van der Waals surface area (Å²) < 4.78 is 12.3. The maximum Gasteiger partial charge on any atom is 0.165 e. The van der Waals surface area contributed by atoms with E-state index < -0.39 is 0 Å². The van der Waals surface area contributed by atoms with Gasteiger partial charge in [0.2, 0.25) is 0 Å². The fourth-order valence-corrected chi connectivity index (χ4v) is 3.90. The zero-order valence-electron chi connectivity index (χ0n) is 13.5. The summed E-state index contributed by atoms with van der Waals surface area (Å²) in [5.41, 5.74) is 0.959. The number of hydrogen-bond donors (Lipinski definition) is 1. The molecular formula is C18H26O3. The van der Waals surface area contributed by atoms with Gasteiger partial charge in [-0.15, -0.1) is 0 Å². The number of aliphatic hydroxyl groups is 1. The van der Waals surface area contributed by atoms with E-state index in [-0.39, 0.29) is 23.2 Å². The van der Waals surface area contributed by atoms with E-state index in [1.807, 2.05) is 12.1 Å². The SMILES string of the molecule is CCC1(CC)C(O)CC1Oc1cccc2c1OC(C)(C)C2. The minimum atomic E-state index is -0.244. The molecule has 21 heavy (non-hydrogen) atoms. The Morgan fingerprint density at radius 2 is 2.00 bits per heavy atom. The monoisotopic (exact) mass is 290 g/mol. The summed E-state index contributed by atoms with van der Waals surface area (Å²) >= 11 is 0. The maximum absolute atomic E-state index is 10.2. The third-order valence-electron chi connectivity index (χ3n) is 5.38. The average molecular weight is 290 g/mol. The van der Waals surface area contributed by atoms with Gasteiger partial charge >= 0.3 is 0 Å². The van der Waals surface area contributed by atoms with Gasteiger partial charge in [0, 0.05) is 23.8 Å². The normalized spacial score (nSPS) is 28.4. The van der Waals surface area contributed by atoms with Crippen LogP contribution in [0.3, 0.4) is 0 Å². The predicted octanol–water partition coefficient (Wildman–Crippen LogP) is 3.72. The zero-order chi connectivity index (χ0) is 15.3. The highest BCUT2D eigenvalue weighted by Crippen LogP contribution is 2.51. The molecule has 0 amide bonds. The van der Waals surface area contributed by atoms with Crippen molar-refractivity contribution in [1.82, 2.24) is 0 Å². The second kappa shape index (κ2) is 4.91. The van der Waals surface area contributed by atoms with Gasteiger partial charge in [0.05, 0.1) is 6.10 Å². The third-order valence-corrected chi connectivity index (χ3v) is 5.38. The van der Waals surface area contributed by atoms with E-state index >= 15 is 0 Å². The van der Waals surface area contributed by atoms with E-state index in [1.165, 1.54) is 5.56 Å². The van der Waals surface area contributed by atoms with Crippen LogP contribution in [0.15, 0.2) is 18.2 Å². The van der Waals surface area contributed by atoms with Crippen molar-refractivity contribution in [3.05, 3.63) is 23.8 Å². The van der Waals surface area contributed by atoms with Crippen LogP contribution in [0, 0.1) is 5.41 Å². The Hall–Kier alpha value is -1.22. The van der Waals surface area contributed by atoms with Crippen molar-refractivity contribution in [2.75, 3.05) is 0 Å². The molecule has 1 saturated carbocycles. The third kappa shape index (κ3) is 2.22. The van der Waals surface area contributed by atoms with Crippen LogP contribution in [0.25, 0.3) is 0 Å². The first-order chi connectivity index (χ1) is 9.92. The minimum Gasteiger partial charge on any atom is -0.486 e. The standard InChI is InChI=1S/C18H26O3/c1-5-18(6-2)14(19)10-15(18)20-13-9-7-8-12-11-17(3,4)21-16(12)13/h7-9,14-15,19H,5-6,10-11H2,1-4H3. The average Bonchev–Trinajstić information content (AvgIpc) is 2.74. The van der Waals surface area contributed by atoms with Crippen molar-refractivity contribution in [3.63, 3.8) is 0 Å². The van der Waals surface area contributed by atoms with E-state index in [9.17, 15) is 5.11 Å². The summed E-state index contributed by atoms with van der Waals surface area (Å²) in [6.45, 7) is 8.48. The lowest BCUT2D eigenvalue weighted by Gasteiger charge is -2.52. The molecule has 1 heterocycles. The molecule has 1 N–H and O–H groups in total. The molecule has 116 valence electrons. The summed E-state index contributed by atoms with van der Waals surface area (Å²) in [6.07, 6.45) is 3.36. The first-order valence-corrected chi connectivity index (χ1v) is 8.07. The molecule has 0 aromatic heterocycles. The molecule has 0 radical (unpaired) electrons. The Bertz CT molecular complexity index is 531. The lowest BCUT2D eigenvalue weighted by molar-refractivity contribution is -0.160. The highest BCUT2D eigenvalue weighted by Gasteiger charge is 2.54. The fraction of sp³-hybridized carbons (Fsp3) is 0.667. The summed E-state index contributed by atoms with van der Waals surface area (Å²) in [5, 5.41) is 10.2. The topological polar surface area (TPSA) is 38.7 Å². The number of aliphatic hydroxyl groups excluding tert-OH is 1. The van der Waals surface area contributed by atoms with Crippen LogP contribution in [0.5, 0.6) is 11.5 Å². The van der Waals surface area contributed by atoms with E-state index in [0.29, 0.717) is 0 Å². The van der Waals surface area contributed by atoms with Gasteiger partial charge in [-0.05, 0) is 32.8 Å². The Labute approximate surface area is 127 Å². The van der Waals surface area contributed by atoms with Crippen LogP contribution >= 0.6 is 0 Å². The molecule has 2 aliphatic rings. The van der Waals surface area contributed by atoms with E-state index in [4.69, 9.17) is 9.47 Å². The Balaban J connectivity index is 1.84. The number of ether oxygens (including phenoxy) is 2. The maximum atomic E-state index is 10.2. The summed E-state index contributed by atoms with van der Waals surface area (Å²) in [6, 6.07) is 6.13. The largest absolute Gasteiger partial charge is 0.486 e. The number of benzene rings is 1. The lowest BCUT2D eigenvalue weighted by Crippen LogP contribution is -2.59. The first kappa shape index (κ1) is 14.7.